The number of ketones is 1. The molecule has 0 bridgehead atoms. The number of nitrogens with one attached hydrogen (secondary N) is 2. The number of rotatable bonds is 15. The molecule has 0 aliphatic rings. The van der Waals surface area contributed by atoms with E-state index in [0.29, 0.717) is 29.0 Å². The first-order valence-electron chi connectivity index (χ1n) is 13.8. The summed E-state index contributed by atoms with van der Waals surface area (Å²) in [5.74, 6) is -5.14. The number of carboxylic acid groups (broad SMARTS) is 3. The van der Waals surface area contributed by atoms with Crippen molar-refractivity contribution >= 4 is 46.2 Å². The van der Waals surface area contributed by atoms with Gasteiger partial charge in [-0.25, -0.2) is 9.78 Å². The Hall–Kier alpha value is -5.55. The lowest BCUT2D eigenvalue weighted by molar-refractivity contribution is -0.148. The van der Waals surface area contributed by atoms with Crippen molar-refractivity contribution in [2.75, 3.05) is 11.4 Å². The number of anilines is 1. The van der Waals surface area contributed by atoms with Crippen LogP contribution in [0.5, 0.6) is 0 Å². The van der Waals surface area contributed by atoms with Crippen LogP contribution in [-0.2, 0) is 25.7 Å². The zero-order chi connectivity index (χ0) is 33.4. The van der Waals surface area contributed by atoms with Crippen molar-refractivity contribution in [1.82, 2.24) is 15.3 Å². The van der Waals surface area contributed by atoms with Gasteiger partial charge in [0.1, 0.15) is 17.8 Å². The first-order chi connectivity index (χ1) is 21.2. The summed E-state index contributed by atoms with van der Waals surface area (Å²) < 4.78 is 0. The predicted octanol–water partition coefficient (Wildman–Crippen LogP) is 1.21. The number of hydrogen-bond donors (Lipinski definition) is 6. The first kappa shape index (κ1) is 33.9. The summed E-state index contributed by atoms with van der Waals surface area (Å²) in [6, 6.07) is 6.43. The summed E-state index contributed by atoms with van der Waals surface area (Å²) in [7, 11) is 0. The largest absolute Gasteiger partial charge is 0.481 e. The lowest BCUT2D eigenvalue weighted by Gasteiger charge is -2.24. The maximum atomic E-state index is 12.9. The highest BCUT2D eigenvalue weighted by molar-refractivity contribution is 6.02. The fraction of sp³-hybridized carbons (Fsp3) is 0.323. The van der Waals surface area contributed by atoms with E-state index in [4.69, 9.17) is 17.3 Å². The smallest absolute Gasteiger partial charge is 0.326 e. The molecule has 1 aromatic heterocycles. The number of carbonyl (C=O) groups is 5. The van der Waals surface area contributed by atoms with Crippen molar-refractivity contribution in [3.05, 3.63) is 69.3 Å². The number of aliphatic carboxylic acids is 3. The SMILES string of the molecule is C#CCN(Cc1cc2c(=O)[nH]c(C)nc2cc1C)c1ccc(C(=O)N[C@H](CC(C(=O)O)C(=O)[C@H](N)CCC(=O)O)C(=O)O)cc1. The maximum absolute atomic E-state index is 12.9. The Balaban J connectivity index is 1.77. The summed E-state index contributed by atoms with van der Waals surface area (Å²) in [5, 5.41) is 30.6. The first-order valence-corrected chi connectivity index (χ1v) is 13.8. The van der Waals surface area contributed by atoms with Crippen molar-refractivity contribution < 1.29 is 39.3 Å². The quantitative estimate of drug-likeness (QED) is 0.104. The second kappa shape index (κ2) is 14.8. The van der Waals surface area contributed by atoms with Gasteiger partial charge in [0.2, 0.25) is 0 Å². The summed E-state index contributed by atoms with van der Waals surface area (Å²) in [4.78, 5) is 81.3. The molecule has 0 saturated carbocycles. The van der Waals surface area contributed by atoms with Crippen molar-refractivity contribution in [2.24, 2.45) is 11.7 Å². The van der Waals surface area contributed by atoms with Crippen LogP contribution in [0.2, 0.25) is 0 Å². The second-order valence-corrected chi connectivity index (χ2v) is 10.5. The Kier molecular flexibility index (Phi) is 11.1. The Morgan fingerprint density at radius 1 is 1.07 bits per heavy atom. The van der Waals surface area contributed by atoms with Crippen LogP contribution < -0.4 is 21.5 Å². The molecule has 1 heterocycles. The van der Waals surface area contributed by atoms with Gasteiger partial charge in [-0.05, 0) is 74.2 Å². The zero-order valence-corrected chi connectivity index (χ0v) is 24.6. The van der Waals surface area contributed by atoms with Crippen LogP contribution in [0, 0.1) is 32.1 Å². The molecule has 3 aromatic rings. The summed E-state index contributed by atoms with van der Waals surface area (Å²) >= 11 is 0. The van der Waals surface area contributed by atoms with E-state index in [9.17, 15) is 39.0 Å². The topological polar surface area (TPSA) is 233 Å². The van der Waals surface area contributed by atoms with Gasteiger partial charge >= 0.3 is 17.9 Å². The average molecular weight is 620 g/mol. The molecule has 0 saturated heterocycles. The van der Waals surface area contributed by atoms with Gasteiger partial charge < -0.3 is 36.3 Å². The Morgan fingerprint density at radius 2 is 1.73 bits per heavy atom. The van der Waals surface area contributed by atoms with Crippen molar-refractivity contribution in [2.45, 2.75) is 51.7 Å². The third-order valence-corrected chi connectivity index (χ3v) is 7.17. The van der Waals surface area contributed by atoms with Gasteiger partial charge in [0, 0.05) is 24.2 Å². The molecule has 0 radical (unpaired) electrons. The third kappa shape index (κ3) is 8.74. The Bertz CT molecular complexity index is 1730. The number of Topliss-reactive ketones (excluding diaryl/α,β-unsaturated/α-hetero) is 1. The number of H-pyrrole nitrogens is 1. The van der Waals surface area contributed by atoms with E-state index in [1.165, 1.54) is 12.1 Å². The van der Waals surface area contributed by atoms with Crippen LogP contribution >= 0.6 is 0 Å². The van der Waals surface area contributed by atoms with E-state index >= 15 is 0 Å². The molecule has 14 nitrogen and oxygen atoms in total. The van der Waals surface area contributed by atoms with Crippen molar-refractivity contribution in [3.8, 4) is 12.3 Å². The number of fused-ring (bicyclic) bond motifs is 1. The molecule has 0 fully saturated rings. The van der Waals surface area contributed by atoms with Gasteiger partial charge in [0.25, 0.3) is 11.5 Å². The van der Waals surface area contributed by atoms with E-state index in [0.717, 1.165) is 11.1 Å². The standard InChI is InChI=1S/C31H33N5O9/c1-4-11-36(15-19-13-21-24(12-16(19)2)33-17(3)34-29(21)41)20-7-5-18(6-8-20)28(40)35-25(31(44)45)14-22(30(42)43)27(39)23(32)9-10-26(37)38/h1,5-8,12-13,22-23,25H,9-11,14-15,32H2,2-3H3,(H,35,40)(H,37,38)(H,42,43)(H,44,45)(H,33,34,41)/t22?,23-,25-/m1/s1. The Labute approximate surface area is 257 Å². The fourth-order valence-corrected chi connectivity index (χ4v) is 4.72. The number of nitrogens with zero attached hydrogens (tertiary/aromatic N) is 2. The minimum Gasteiger partial charge on any atom is -0.481 e. The van der Waals surface area contributed by atoms with E-state index < -0.39 is 60.4 Å². The third-order valence-electron chi connectivity index (χ3n) is 7.17. The number of carbonyl (C=O) groups excluding carboxylic acids is 2. The number of terminal acetylenes is 1. The van der Waals surface area contributed by atoms with Gasteiger partial charge in [0.15, 0.2) is 5.78 Å². The average Bonchev–Trinajstić information content (AvgIpc) is 2.97. The monoisotopic (exact) mass is 619 g/mol. The van der Waals surface area contributed by atoms with Gasteiger partial charge in [0.05, 0.1) is 23.5 Å². The molecular formula is C31H33N5O9. The molecule has 1 amide bonds. The molecule has 3 atom stereocenters. The van der Waals surface area contributed by atoms with Crippen LogP contribution in [0.25, 0.3) is 10.9 Å². The van der Waals surface area contributed by atoms with E-state index in [1.54, 1.807) is 25.1 Å². The minimum absolute atomic E-state index is 0.0527. The molecule has 1 unspecified atom stereocenters. The molecule has 0 aliphatic carbocycles. The minimum atomic E-state index is -1.89. The summed E-state index contributed by atoms with van der Waals surface area (Å²) in [5.41, 5.74) is 8.35. The van der Waals surface area contributed by atoms with Crippen LogP contribution in [0.1, 0.15) is 46.6 Å². The molecule has 3 rings (SSSR count). The Morgan fingerprint density at radius 3 is 2.31 bits per heavy atom. The number of benzene rings is 2. The van der Waals surface area contributed by atoms with Gasteiger partial charge in [-0.15, -0.1) is 6.42 Å². The number of aryl methyl sites for hydroxylation is 2. The van der Waals surface area contributed by atoms with Gasteiger partial charge in [-0.1, -0.05) is 5.92 Å². The highest BCUT2D eigenvalue weighted by Crippen LogP contribution is 2.22. The highest BCUT2D eigenvalue weighted by Gasteiger charge is 2.36. The predicted molar refractivity (Wildman–Crippen MR) is 163 cm³/mol. The summed E-state index contributed by atoms with van der Waals surface area (Å²) in [6.45, 7) is 4.10. The normalized spacial score (nSPS) is 12.8. The number of aromatic amines is 1. The number of amides is 1. The second-order valence-electron chi connectivity index (χ2n) is 10.5. The van der Waals surface area contributed by atoms with Crippen molar-refractivity contribution in [1.29, 1.82) is 0 Å². The number of nitrogens with two attached hydrogens (primary N) is 1. The molecule has 2 aromatic carbocycles. The van der Waals surface area contributed by atoms with Gasteiger partial charge in [-0.3, -0.25) is 24.0 Å². The highest BCUT2D eigenvalue weighted by atomic mass is 16.4. The molecular weight excluding hydrogens is 586 g/mol. The molecule has 0 spiro atoms. The molecule has 7 N–H and O–H groups in total. The number of hydrogen-bond acceptors (Lipinski definition) is 9. The van der Waals surface area contributed by atoms with Crippen LogP contribution in [0.15, 0.2) is 41.2 Å². The number of aromatic nitrogens is 2. The zero-order valence-electron chi connectivity index (χ0n) is 24.6. The summed E-state index contributed by atoms with van der Waals surface area (Å²) in [6.07, 6.45) is 3.99. The molecule has 0 aliphatic heterocycles. The molecule has 236 valence electrons. The maximum Gasteiger partial charge on any atom is 0.326 e. The fourth-order valence-electron chi connectivity index (χ4n) is 4.72. The van der Waals surface area contributed by atoms with Gasteiger partial charge in [-0.2, -0.15) is 0 Å². The van der Waals surface area contributed by atoms with Crippen LogP contribution in [0.4, 0.5) is 5.69 Å². The van der Waals surface area contributed by atoms with E-state index in [-0.39, 0.29) is 24.1 Å². The van der Waals surface area contributed by atoms with E-state index in [1.807, 2.05) is 17.9 Å². The molecule has 14 heteroatoms. The van der Waals surface area contributed by atoms with Crippen LogP contribution in [0.3, 0.4) is 0 Å². The van der Waals surface area contributed by atoms with Crippen LogP contribution in [-0.4, -0.2) is 73.5 Å². The molecule has 45 heavy (non-hydrogen) atoms. The lowest BCUT2D eigenvalue weighted by Crippen LogP contribution is -2.47. The number of carboxylic acids is 3. The lowest BCUT2D eigenvalue weighted by atomic mass is 9.90. The van der Waals surface area contributed by atoms with E-state index in [2.05, 4.69) is 21.2 Å². The van der Waals surface area contributed by atoms with Crippen molar-refractivity contribution in [3.63, 3.8) is 0 Å².